The van der Waals surface area contributed by atoms with Gasteiger partial charge in [0.1, 0.15) is 0 Å². The summed E-state index contributed by atoms with van der Waals surface area (Å²) in [6, 6.07) is 10.4. The maximum Gasteiger partial charge on any atom is 0.159 e. The highest BCUT2D eigenvalue weighted by atomic mass is 16.1. The Morgan fingerprint density at radius 2 is 2.07 bits per heavy atom. The third-order valence-corrected chi connectivity index (χ3v) is 3.19. The second-order valence-electron chi connectivity index (χ2n) is 4.07. The van der Waals surface area contributed by atoms with Crippen molar-refractivity contribution in [3.8, 4) is 0 Å². The van der Waals surface area contributed by atoms with Gasteiger partial charge in [0.25, 0.3) is 0 Å². The Labute approximate surface area is 90.8 Å². The molecule has 15 heavy (non-hydrogen) atoms. The van der Waals surface area contributed by atoms with Crippen LogP contribution in [0.15, 0.2) is 42.5 Å². The van der Waals surface area contributed by atoms with Crippen molar-refractivity contribution in [1.82, 2.24) is 0 Å². The van der Waals surface area contributed by atoms with E-state index in [0.717, 1.165) is 12.8 Å². The second-order valence-corrected chi connectivity index (χ2v) is 4.07. The lowest BCUT2D eigenvalue weighted by Crippen LogP contribution is -2.16. The van der Waals surface area contributed by atoms with Crippen LogP contribution in [0.5, 0.6) is 0 Å². The monoisotopic (exact) mass is 200 g/mol. The molecule has 0 bridgehead atoms. The van der Waals surface area contributed by atoms with Gasteiger partial charge in [-0.1, -0.05) is 43.3 Å². The smallest absolute Gasteiger partial charge is 0.159 e. The first-order chi connectivity index (χ1) is 7.33. The molecular weight excluding hydrogens is 184 g/mol. The molecule has 0 saturated carbocycles. The minimum atomic E-state index is 0.178. The number of rotatable bonds is 3. The van der Waals surface area contributed by atoms with Gasteiger partial charge in [0.05, 0.1) is 0 Å². The van der Waals surface area contributed by atoms with Crippen molar-refractivity contribution < 1.29 is 4.79 Å². The van der Waals surface area contributed by atoms with Crippen LogP contribution in [-0.4, -0.2) is 5.78 Å². The van der Waals surface area contributed by atoms with Crippen molar-refractivity contribution in [1.29, 1.82) is 0 Å². The normalized spacial score (nSPS) is 21.9. The van der Waals surface area contributed by atoms with Gasteiger partial charge < -0.3 is 0 Å². The Balaban J connectivity index is 2.21. The molecule has 0 unspecified atom stereocenters. The van der Waals surface area contributed by atoms with Gasteiger partial charge in [0, 0.05) is 5.92 Å². The molecule has 1 aliphatic rings. The molecule has 1 nitrogen and oxygen atoms in total. The summed E-state index contributed by atoms with van der Waals surface area (Å²) in [6.07, 6.45) is 5.67. The second kappa shape index (κ2) is 4.43. The highest BCUT2D eigenvalue weighted by Crippen LogP contribution is 2.33. The predicted molar refractivity (Wildman–Crippen MR) is 61.7 cm³/mol. The van der Waals surface area contributed by atoms with Crippen molar-refractivity contribution in [3.63, 3.8) is 0 Å². The third kappa shape index (κ3) is 2.01. The van der Waals surface area contributed by atoms with E-state index in [0.29, 0.717) is 11.7 Å². The molecule has 0 fully saturated rings. The van der Waals surface area contributed by atoms with Crippen LogP contribution in [0.1, 0.15) is 31.2 Å². The van der Waals surface area contributed by atoms with Crippen molar-refractivity contribution >= 4 is 5.78 Å². The van der Waals surface area contributed by atoms with Crippen molar-refractivity contribution in [2.75, 3.05) is 0 Å². The summed E-state index contributed by atoms with van der Waals surface area (Å²) in [5.41, 5.74) is 1.29. The fourth-order valence-electron chi connectivity index (χ4n) is 2.39. The van der Waals surface area contributed by atoms with Gasteiger partial charge in [-0.15, -0.1) is 0 Å². The third-order valence-electron chi connectivity index (χ3n) is 3.19. The van der Waals surface area contributed by atoms with Crippen LogP contribution in [0, 0.1) is 5.92 Å². The van der Waals surface area contributed by atoms with Crippen LogP contribution in [0.4, 0.5) is 0 Å². The van der Waals surface area contributed by atoms with E-state index in [4.69, 9.17) is 0 Å². The average Bonchev–Trinajstić information content (AvgIpc) is 2.68. The molecule has 78 valence electrons. The fourth-order valence-corrected chi connectivity index (χ4v) is 2.39. The van der Waals surface area contributed by atoms with E-state index in [9.17, 15) is 4.79 Å². The van der Waals surface area contributed by atoms with Gasteiger partial charge in [-0.3, -0.25) is 4.79 Å². The Morgan fingerprint density at radius 3 is 2.60 bits per heavy atom. The predicted octanol–water partition coefficient (Wildman–Crippen LogP) is 3.33. The van der Waals surface area contributed by atoms with Gasteiger partial charge in [-0.2, -0.15) is 0 Å². The highest BCUT2D eigenvalue weighted by molar-refractivity contribution is 5.94. The molecule has 0 aliphatic heterocycles. The number of hydrogen-bond acceptors (Lipinski definition) is 1. The lowest BCUT2D eigenvalue weighted by Gasteiger charge is -2.21. The molecule has 1 aromatic rings. The zero-order valence-corrected chi connectivity index (χ0v) is 9.02. The fraction of sp³-hybridized carbons (Fsp3) is 0.357. The van der Waals surface area contributed by atoms with E-state index in [2.05, 4.69) is 19.1 Å². The number of hydrogen-bond donors (Lipinski definition) is 0. The maximum absolute atomic E-state index is 11.7. The molecule has 0 aromatic heterocycles. The summed E-state index contributed by atoms with van der Waals surface area (Å²) in [7, 11) is 0. The minimum absolute atomic E-state index is 0.178. The first-order valence-electron chi connectivity index (χ1n) is 5.58. The summed E-state index contributed by atoms with van der Waals surface area (Å²) >= 11 is 0. The number of allylic oxidation sites excluding steroid dienone is 2. The van der Waals surface area contributed by atoms with E-state index in [1.165, 1.54) is 5.56 Å². The van der Waals surface area contributed by atoms with Crippen molar-refractivity contribution in [2.24, 2.45) is 5.92 Å². The van der Waals surface area contributed by atoms with Crippen LogP contribution < -0.4 is 0 Å². The molecule has 0 spiro atoms. The number of ketones is 1. The summed E-state index contributed by atoms with van der Waals surface area (Å²) in [5, 5.41) is 0. The summed E-state index contributed by atoms with van der Waals surface area (Å²) in [6.45, 7) is 2.16. The van der Waals surface area contributed by atoms with Crippen LogP contribution in [0.3, 0.4) is 0 Å². The van der Waals surface area contributed by atoms with Crippen LogP contribution >= 0.6 is 0 Å². The molecule has 0 N–H and O–H groups in total. The van der Waals surface area contributed by atoms with Gasteiger partial charge in [-0.05, 0) is 30.4 Å². The molecular formula is C14H16O. The van der Waals surface area contributed by atoms with Crippen LogP contribution in [0.2, 0.25) is 0 Å². The van der Waals surface area contributed by atoms with Crippen LogP contribution in [0.25, 0.3) is 0 Å². The lowest BCUT2D eigenvalue weighted by atomic mass is 9.82. The summed E-state index contributed by atoms with van der Waals surface area (Å²) < 4.78 is 0. The molecule has 0 amide bonds. The molecule has 2 rings (SSSR count). The summed E-state index contributed by atoms with van der Waals surface area (Å²) in [4.78, 5) is 11.7. The van der Waals surface area contributed by atoms with E-state index in [1.807, 2.05) is 24.3 Å². The largest absolute Gasteiger partial charge is 0.295 e. The molecule has 1 heteroatoms. The molecule has 0 saturated heterocycles. The van der Waals surface area contributed by atoms with E-state index in [-0.39, 0.29) is 5.92 Å². The maximum atomic E-state index is 11.7. The van der Waals surface area contributed by atoms with Gasteiger partial charge in [-0.25, -0.2) is 0 Å². The average molecular weight is 200 g/mol. The molecule has 1 aromatic carbocycles. The highest BCUT2D eigenvalue weighted by Gasteiger charge is 2.28. The van der Waals surface area contributed by atoms with E-state index in [1.54, 1.807) is 6.08 Å². The zero-order chi connectivity index (χ0) is 10.7. The Kier molecular flexibility index (Phi) is 3.00. The van der Waals surface area contributed by atoms with E-state index >= 15 is 0 Å². The van der Waals surface area contributed by atoms with Gasteiger partial charge in [0.15, 0.2) is 5.78 Å². The van der Waals surface area contributed by atoms with Crippen molar-refractivity contribution in [2.45, 2.75) is 25.7 Å². The zero-order valence-electron chi connectivity index (χ0n) is 9.02. The first-order valence-corrected chi connectivity index (χ1v) is 5.58. The van der Waals surface area contributed by atoms with Crippen molar-refractivity contribution in [3.05, 3.63) is 48.0 Å². The number of benzene rings is 1. The number of carbonyl (C=O) groups excluding carboxylic acids is 1. The minimum Gasteiger partial charge on any atom is -0.295 e. The number of carbonyl (C=O) groups is 1. The SMILES string of the molecule is CC[C@H](c1ccccc1)[C@H]1CC=CC1=O. The van der Waals surface area contributed by atoms with Crippen LogP contribution in [-0.2, 0) is 4.79 Å². The first kappa shape index (κ1) is 10.2. The van der Waals surface area contributed by atoms with E-state index < -0.39 is 0 Å². The Morgan fingerprint density at radius 1 is 1.33 bits per heavy atom. The molecule has 1 aliphatic carbocycles. The summed E-state index contributed by atoms with van der Waals surface area (Å²) in [5.74, 6) is 0.858. The topological polar surface area (TPSA) is 17.1 Å². The standard InChI is InChI=1S/C14H16O/c1-2-12(11-7-4-3-5-8-11)13-9-6-10-14(13)15/h3-8,10,12-13H,2,9H2,1H3/t12-,13-/m1/s1. The quantitative estimate of drug-likeness (QED) is 0.731. The Hall–Kier alpha value is -1.37. The molecule has 0 heterocycles. The Bertz CT molecular complexity index is 364. The van der Waals surface area contributed by atoms with Gasteiger partial charge >= 0.3 is 0 Å². The molecule has 0 radical (unpaired) electrons. The van der Waals surface area contributed by atoms with Gasteiger partial charge in [0.2, 0.25) is 0 Å². The molecule has 2 atom stereocenters. The lowest BCUT2D eigenvalue weighted by molar-refractivity contribution is -0.118.